The Labute approximate surface area is 188 Å². The molecule has 0 saturated carbocycles. The normalized spacial score (nSPS) is 10.8. The summed E-state index contributed by atoms with van der Waals surface area (Å²) in [4.78, 5) is 25.9. The molecule has 2 N–H and O–H groups in total. The molecule has 0 unspecified atom stereocenters. The summed E-state index contributed by atoms with van der Waals surface area (Å²) in [5.74, 6) is -1.21. The minimum atomic E-state index is -0.485. The Hall–Kier alpha value is -3.78. The Morgan fingerprint density at radius 1 is 0.938 bits per heavy atom. The fourth-order valence-corrected chi connectivity index (χ4v) is 4.36. The number of rotatable bonds is 5. The maximum Gasteiger partial charge on any atom is 0.266 e. The number of nitrogens with zero attached hydrogens (tertiary/aromatic N) is 2. The fourth-order valence-electron chi connectivity index (χ4n) is 3.40. The molecule has 2 aromatic heterocycles. The predicted molar refractivity (Wildman–Crippen MR) is 124 cm³/mol. The van der Waals surface area contributed by atoms with Gasteiger partial charge in [0.05, 0.1) is 26.9 Å². The lowest BCUT2D eigenvalue weighted by Gasteiger charge is -2.12. The van der Waals surface area contributed by atoms with Gasteiger partial charge in [-0.2, -0.15) is 5.10 Å². The first-order valence-corrected chi connectivity index (χ1v) is 10.7. The van der Waals surface area contributed by atoms with Crippen LogP contribution in [0.15, 0.2) is 60.7 Å². The summed E-state index contributed by atoms with van der Waals surface area (Å²) in [6, 6.07) is 16.6. The molecule has 0 aliphatic rings. The van der Waals surface area contributed by atoms with Crippen LogP contribution in [0.25, 0.3) is 5.69 Å². The number of halogens is 1. The minimum Gasteiger partial charge on any atom is -0.319 e. The van der Waals surface area contributed by atoms with E-state index in [-0.39, 0.29) is 11.5 Å². The Balaban J connectivity index is 1.55. The van der Waals surface area contributed by atoms with Crippen molar-refractivity contribution in [1.29, 1.82) is 0 Å². The molecule has 0 fully saturated rings. The molecule has 0 radical (unpaired) electrons. The number of carbonyl (C=O) groups is 2. The molecular formula is C24H21FN4O2S. The lowest BCUT2D eigenvalue weighted by Crippen LogP contribution is -2.14. The molecule has 0 bridgehead atoms. The van der Waals surface area contributed by atoms with E-state index in [0.717, 1.165) is 34.0 Å². The van der Waals surface area contributed by atoms with Crippen LogP contribution in [0.2, 0.25) is 0 Å². The van der Waals surface area contributed by atoms with Crippen molar-refractivity contribution >= 4 is 33.8 Å². The highest BCUT2D eigenvalue weighted by Crippen LogP contribution is 2.29. The van der Waals surface area contributed by atoms with Crippen LogP contribution in [0.5, 0.6) is 0 Å². The van der Waals surface area contributed by atoms with Gasteiger partial charge in [-0.25, -0.2) is 9.07 Å². The number of nitrogens with one attached hydrogen (secondary N) is 2. The number of hydrogen-bond acceptors (Lipinski definition) is 4. The first-order valence-electron chi connectivity index (χ1n) is 9.93. The molecule has 162 valence electrons. The molecule has 2 aromatic carbocycles. The van der Waals surface area contributed by atoms with Crippen LogP contribution in [0.3, 0.4) is 0 Å². The van der Waals surface area contributed by atoms with Crippen LogP contribution in [0.4, 0.5) is 15.1 Å². The molecule has 8 heteroatoms. The van der Waals surface area contributed by atoms with Gasteiger partial charge in [0, 0.05) is 11.3 Å². The summed E-state index contributed by atoms with van der Waals surface area (Å²) in [5, 5.41) is 10.7. The summed E-state index contributed by atoms with van der Waals surface area (Å²) >= 11 is 1.16. The van der Waals surface area contributed by atoms with Gasteiger partial charge in [0.15, 0.2) is 0 Å². The van der Waals surface area contributed by atoms with Gasteiger partial charge in [0.1, 0.15) is 5.82 Å². The summed E-state index contributed by atoms with van der Waals surface area (Å²) in [5.41, 5.74) is 4.17. The average Bonchev–Trinajstić information content (AvgIpc) is 3.29. The Kier molecular flexibility index (Phi) is 5.87. The standard InChI is InChI=1S/C24H21FN4O2S/c1-14-11-21(27-23(30)17-7-6-8-18(25)13-17)32-22(14)24(31)26-19-9-4-5-10-20(19)29-16(3)12-15(2)28-29/h4-13H,1-3H3,(H,26,31)(H,27,30). The van der Waals surface area contributed by atoms with Gasteiger partial charge in [-0.05, 0) is 68.8 Å². The van der Waals surface area contributed by atoms with E-state index in [9.17, 15) is 14.0 Å². The van der Waals surface area contributed by atoms with Gasteiger partial charge in [0.2, 0.25) is 0 Å². The van der Waals surface area contributed by atoms with E-state index < -0.39 is 11.7 Å². The van der Waals surface area contributed by atoms with Crippen LogP contribution in [-0.4, -0.2) is 21.6 Å². The number of aryl methyl sites for hydroxylation is 3. The van der Waals surface area contributed by atoms with Crippen molar-refractivity contribution < 1.29 is 14.0 Å². The van der Waals surface area contributed by atoms with E-state index >= 15 is 0 Å². The number of carbonyl (C=O) groups excluding carboxylic acids is 2. The third-order valence-corrected chi connectivity index (χ3v) is 5.99. The molecule has 0 atom stereocenters. The second-order valence-electron chi connectivity index (χ2n) is 7.40. The zero-order valence-electron chi connectivity index (χ0n) is 17.8. The van der Waals surface area contributed by atoms with Gasteiger partial charge < -0.3 is 10.6 Å². The van der Waals surface area contributed by atoms with Crippen molar-refractivity contribution in [3.05, 3.63) is 93.9 Å². The molecule has 2 amide bonds. The Morgan fingerprint density at radius 2 is 1.72 bits per heavy atom. The van der Waals surface area contributed by atoms with Crippen LogP contribution in [0.1, 0.15) is 37.0 Å². The van der Waals surface area contributed by atoms with Crippen LogP contribution in [0, 0.1) is 26.6 Å². The van der Waals surface area contributed by atoms with Gasteiger partial charge in [-0.3, -0.25) is 9.59 Å². The molecule has 0 saturated heterocycles. The molecule has 0 aliphatic carbocycles. The quantitative estimate of drug-likeness (QED) is 0.423. The fraction of sp³-hybridized carbons (Fsp3) is 0.125. The summed E-state index contributed by atoms with van der Waals surface area (Å²) in [6.45, 7) is 5.67. The highest BCUT2D eigenvalue weighted by atomic mass is 32.1. The van der Waals surface area contributed by atoms with Crippen LogP contribution < -0.4 is 10.6 Å². The van der Waals surface area contributed by atoms with E-state index in [1.807, 2.05) is 44.2 Å². The molecule has 6 nitrogen and oxygen atoms in total. The maximum atomic E-state index is 13.4. The summed E-state index contributed by atoms with van der Waals surface area (Å²) in [6.07, 6.45) is 0. The number of para-hydroxylation sites is 2. The molecular weight excluding hydrogens is 427 g/mol. The molecule has 0 aliphatic heterocycles. The van der Waals surface area contributed by atoms with E-state index in [1.54, 1.807) is 17.7 Å². The Bertz CT molecular complexity index is 1330. The molecule has 4 aromatic rings. The molecule has 32 heavy (non-hydrogen) atoms. The van der Waals surface area contributed by atoms with E-state index in [1.165, 1.54) is 24.3 Å². The summed E-state index contributed by atoms with van der Waals surface area (Å²) < 4.78 is 15.2. The van der Waals surface area contributed by atoms with E-state index in [4.69, 9.17) is 0 Å². The number of hydrogen-bond donors (Lipinski definition) is 2. The lowest BCUT2D eigenvalue weighted by atomic mass is 10.2. The average molecular weight is 449 g/mol. The van der Waals surface area contributed by atoms with Crippen molar-refractivity contribution in [1.82, 2.24) is 9.78 Å². The topological polar surface area (TPSA) is 76.0 Å². The molecule has 4 rings (SSSR count). The largest absolute Gasteiger partial charge is 0.319 e. The third-order valence-electron chi connectivity index (χ3n) is 4.84. The first-order chi connectivity index (χ1) is 15.3. The second-order valence-corrected chi connectivity index (χ2v) is 8.45. The van der Waals surface area contributed by atoms with Crippen molar-refractivity contribution in [2.24, 2.45) is 0 Å². The van der Waals surface area contributed by atoms with Gasteiger partial charge >= 0.3 is 0 Å². The van der Waals surface area contributed by atoms with Gasteiger partial charge in [0.25, 0.3) is 11.8 Å². The van der Waals surface area contributed by atoms with Crippen LogP contribution in [-0.2, 0) is 0 Å². The Morgan fingerprint density at radius 3 is 2.44 bits per heavy atom. The number of thiophene rings is 1. The van der Waals surface area contributed by atoms with Gasteiger partial charge in [-0.1, -0.05) is 18.2 Å². The van der Waals surface area contributed by atoms with Gasteiger partial charge in [-0.15, -0.1) is 11.3 Å². The zero-order valence-corrected chi connectivity index (χ0v) is 18.6. The smallest absolute Gasteiger partial charge is 0.266 e. The highest BCUT2D eigenvalue weighted by Gasteiger charge is 2.18. The number of benzene rings is 2. The third kappa shape index (κ3) is 4.45. The molecule has 2 heterocycles. The second kappa shape index (κ2) is 8.76. The van der Waals surface area contributed by atoms with Crippen LogP contribution >= 0.6 is 11.3 Å². The van der Waals surface area contributed by atoms with E-state index in [0.29, 0.717) is 15.6 Å². The van der Waals surface area contributed by atoms with E-state index in [2.05, 4.69) is 15.7 Å². The maximum absolute atomic E-state index is 13.4. The number of amides is 2. The minimum absolute atomic E-state index is 0.209. The molecule has 0 spiro atoms. The highest BCUT2D eigenvalue weighted by molar-refractivity contribution is 7.18. The summed E-state index contributed by atoms with van der Waals surface area (Å²) in [7, 11) is 0. The van der Waals surface area contributed by atoms with Crippen molar-refractivity contribution in [3.8, 4) is 5.69 Å². The first kappa shape index (κ1) is 21.5. The predicted octanol–water partition coefficient (Wildman–Crippen LogP) is 5.50. The number of anilines is 2. The van der Waals surface area contributed by atoms with Crippen molar-refractivity contribution in [3.63, 3.8) is 0 Å². The van der Waals surface area contributed by atoms with Crippen molar-refractivity contribution in [2.75, 3.05) is 10.6 Å². The monoisotopic (exact) mass is 448 g/mol. The lowest BCUT2D eigenvalue weighted by molar-refractivity contribution is 0.101. The van der Waals surface area contributed by atoms with Crippen molar-refractivity contribution in [2.45, 2.75) is 20.8 Å². The SMILES string of the molecule is Cc1cc(C)n(-c2ccccc2NC(=O)c2sc(NC(=O)c3cccc(F)c3)cc2C)n1. The zero-order chi connectivity index (χ0) is 22.8. The number of aromatic nitrogens is 2.